The van der Waals surface area contributed by atoms with Crippen LogP contribution in [-0.4, -0.2) is 5.91 Å². The van der Waals surface area contributed by atoms with Crippen molar-refractivity contribution in [1.29, 1.82) is 0 Å². The van der Waals surface area contributed by atoms with Gasteiger partial charge in [0.15, 0.2) is 0 Å². The van der Waals surface area contributed by atoms with E-state index >= 15 is 0 Å². The lowest BCUT2D eigenvalue weighted by molar-refractivity contribution is -0.123. The molecule has 0 saturated heterocycles. The van der Waals surface area contributed by atoms with Crippen LogP contribution in [0.2, 0.25) is 0 Å². The summed E-state index contributed by atoms with van der Waals surface area (Å²) in [5, 5.41) is 0. The molecule has 0 radical (unpaired) electrons. The third-order valence-electron chi connectivity index (χ3n) is 2.91. The van der Waals surface area contributed by atoms with E-state index in [0.29, 0.717) is 0 Å². The number of allylic oxidation sites excluding steroid dienone is 2. The fraction of sp³-hybridized carbons (Fsp3) is 0.357. The summed E-state index contributed by atoms with van der Waals surface area (Å²) < 4.78 is 2.95. The Labute approximate surface area is 107 Å². The van der Waals surface area contributed by atoms with Crippen molar-refractivity contribution in [2.75, 3.05) is 0 Å². The number of rotatable bonds is 3. The van der Waals surface area contributed by atoms with Gasteiger partial charge in [-0.1, -0.05) is 30.4 Å². The van der Waals surface area contributed by atoms with Crippen molar-refractivity contribution < 1.29 is 4.79 Å². The summed E-state index contributed by atoms with van der Waals surface area (Å²) in [6, 6.07) is 9.93. The molecular formula is C14H17NOS. The standard InChI is InChI=1S/C14H17NOS/c16-14(12-8-4-1-2-5-9-12)15-17-13-10-6-3-7-11-13/h1-3,6-7,10-12H,4-5,8-9H2,(H,15,16). The quantitative estimate of drug-likeness (QED) is 0.653. The lowest BCUT2D eigenvalue weighted by atomic mass is 10.00. The molecule has 0 aliphatic heterocycles. The van der Waals surface area contributed by atoms with Crippen molar-refractivity contribution in [2.45, 2.75) is 30.6 Å². The van der Waals surface area contributed by atoms with Crippen LogP contribution in [0.1, 0.15) is 25.7 Å². The molecule has 0 aromatic heterocycles. The molecule has 0 fully saturated rings. The Morgan fingerprint density at radius 1 is 1.12 bits per heavy atom. The average Bonchev–Trinajstić information content (AvgIpc) is 2.66. The normalized spacial score (nSPS) is 16.5. The van der Waals surface area contributed by atoms with Gasteiger partial charge in [-0.15, -0.1) is 0 Å². The fourth-order valence-electron chi connectivity index (χ4n) is 1.92. The zero-order valence-electron chi connectivity index (χ0n) is 9.76. The van der Waals surface area contributed by atoms with Crippen molar-refractivity contribution in [3.8, 4) is 0 Å². The Morgan fingerprint density at radius 3 is 2.41 bits per heavy atom. The number of carbonyl (C=O) groups excluding carboxylic acids is 1. The minimum absolute atomic E-state index is 0.168. The number of hydrogen-bond donors (Lipinski definition) is 1. The molecule has 0 heterocycles. The van der Waals surface area contributed by atoms with Gasteiger partial charge in [0.05, 0.1) is 0 Å². The van der Waals surface area contributed by atoms with Crippen LogP contribution < -0.4 is 4.72 Å². The van der Waals surface area contributed by atoms with E-state index in [-0.39, 0.29) is 11.8 Å². The van der Waals surface area contributed by atoms with Crippen LogP contribution in [-0.2, 0) is 4.79 Å². The van der Waals surface area contributed by atoms with E-state index in [9.17, 15) is 4.79 Å². The zero-order chi connectivity index (χ0) is 11.9. The maximum atomic E-state index is 12.0. The molecule has 90 valence electrons. The second-order valence-corrected chi connectivity index (χ2v) is 5.08. The predicted octanol–water partition coefficient (Wildman–Crippen LogP) is 3.56. The summed E-state index contributed by atoms with van der Waals surface area (Å²) in [4.78, 5) is 13.0. The highest BCUT2D eigenvalue weighted by Crippen LogP contribution is 2.21. The maximum Gasteiger partial charge on any atom is 0.233 e. The lowest BCUT2D eigenvalue weighted by Gasteiger charge is -2.13. The summed E-state index contributed by atoms with van der Waals surface area (Å²) in [6.45, 7) is 0. The zero-order valence-corrected chi connectivity index (χ0v) is 10.6. The van der Waals surface area contributed by atoms with Gasteiger partial charge in [-0.3, -0.25) is 9.52 Å². The van der Waals surface area contributed by atoms with Gasteiger partial charge in [0.1, 0.15) is 0 Å². The monoisotopic (exact) mass is 247 g/mol. The summed E-state index contributed by atoms with van der Waals surface area (Å²) in [7, 11) is 0. The molecule has 0 unspecified atom stereocenters. The van der Waals surface area contributed by atoms with Crippen LogP contribution in [0.5, 0.6) is 0 Å². The SMILES string of the molecule is O=C(NSc1ccccc1)C1CCC=CCC1. The van der Waals surface area contributed by atoms with Gasteiger partial charge in [0.25, 0.3) is 0 Å². The maximum absolute atomic E-state index is 12.0. The molecule has 1 aromatic carbocycles. The molecule has 1 aromatic rings. The van der Waals surface area contributed by atoms with E-state index in [1.54, 1.807) is 0 Å². The highest BCUT2D eigenvalue weighted by Gasteiger charge is 2.18. The second-order valence-electron chi connectivity index (χ2n) is 4.20. The van der Waals surface area contributed by atoms with Crippen molar-refractivity contribution in [1.82, 2.24) is 4.72 Å². The Morgan fingerprint density at radius 2 is 1.76 bits per heavy atom. The van der Waals surface area contributed by atoms with Gasteiger partial charge in [0, 0.05) is 10.8 Å². The van der Waals surface area contributed by atoms with Crippen LogP contribution in [0, 0.1) is 5.92 Å². The molecule has 1 aliphatic carbocycles. The molecule has 0 spiro atoms. The van der Waals surface area contributed by atoms with Gasteiger partial charge in [-0.2, -0.15) is 0 Å². The smallest absolute Gasteiger partial charge is 0.233 e. The summed E-state index contributed by atoms with van der Waals surface area (Å²) in [6.07, 6.45) is 8.34. The minimum Gasteiger partial charge on any atom is -0.296 e. The van der Waals surface area contributed by atoms with Gasteiger partial charge < -0.3 is 0 Å². The van der Waals surface area contributed by atoms with Crippen molar-refractivity contribution >= 4 is 17.9 Å². The van der Waals surface area contributed by atoms with Gasteiger partial charge >= 0.3 is 0 Å². The number of amides is 1. The molecule has 0 bridgehead atoms. The molecule has 1 N–H and O–H groups in total. The molecule has 0 atom stereocenters. The van der Waals surface area contributed by atoms with E-state index in [4.69, 9.17) is 0 Å². The molecule has 1 aliphatic rings. The van der Waals surface area contributed by atoms with Crippen molar-refractivity contribution in [3.05, 3.63) is 42.5 Å². The molecule has 2 nitrogen and oxygen atoms in total. The van der Waals surface area contributed by atoms with E-state index in [1.807, 2.05) is 30.3 Å². The number of nitrogens with one attached hydrogen (secondary N) is 1. The van der Waals surface area contributed by atoms with Gasteiger partial charge in [0.2, 0.25) is 5.91 Å². The first-order chi connectivity index (χ1) is 8.36. The van der Waals surface area contributed by atoms with Crippen LogP contribution in [0.3, 0.4) is 0 Å². The topological polar surface area (TPSA) is 29.1 Å². The van der Waals surface area contributed by atoms with Gasteiger partial charge in [-0.05, 0) is 49.8 Å². The Bertz CT molecular complexity index is 378. The fourth-order valence-corrected chi connectivity index (χ4v) is 2.60. The lowest BCUT2D eigenvalue weighted by Crippen LogP contribution is -2.25. The molecule has 3 heteroatoms. The molecule has 0 saturated carbocycles. The Kier molecular flexibility index (Phi) is 4.68. The highest BCUT2D eigenvalue weighted by molar-refractivity contribution is 7.98. The number of carbonyl (C=O) groups is 1. The Balaban J connectivity index is 1.81. The van der Waals surface area contributed by atoms with Gasteiger partial charge in [-0.25, -0.2) is 0 Å². The summed E-state index contributed by atoms with van der Waals surface area (Å²) in [5.41, 5.74) is 0. The molecule has 1 amide bonds. The molecule has 2 rings (SSSR count). The van der Waals surface area contributed by atoms with E-state index in [2.05, 4.69) is 16.9 Å². The Hall–Kier alpha value is -1.22. The van der Waals surface area contributed by atoms with E-state index in [0.717, 1.165) is 30.6 Å². The predicted molar refractivity (Wildman–Crippen MR) is 71.5 cm³/mol. The first-order valence-electron chi connectivity index (χ1n) is 6.03. The second kappa shape index (κ2) is 6.50. The minimum atomic E-state index is 0.168. The third kappa shape index (κ3) is 3.93. The van der Waals surface area contributed by atoms with Crippen molar-refractivity contribution in [2.24, 2.45) is 5.92 Å². The largest absolute Gasteiger partial charge is 0.296 e. The number of benzene rings is 1. The number of hydrogen-bond acceptors (Lipinski definition) is 2. The molecule has 17 heavy (non-hydrogen) atoms. The highest BCUT2D eigenvalue weighted by atomic mass is 32.2. The van der Waals surface area contributed by atoms with Crippen LogP contribution in [0.15, 0.2) is 47.4 Å². The average molecular weight is 247 g/mol. The van der Waals surface area contributed by atoms with E-state index < -0.39 is 0 Å². The first kappa shape index (κ1) is 12.2. The summed E-state index contributed by atoms with van der Waals surface area (Å²) >= 11 is 1.41. The van der Waals surface area contributed by atoms with Crippen molar-refractivity contribution in [3.63, 3.8) is 0 Å². The first-order valence-corrected chi connectivity index (χ1v) is 6.84. The molecular weight excluding hydrogens is 230 g/mol. The van der Waals surface area contributed by atoms with E-state index in [1.165, 1.54) is 11.9 Å². The van der Waals surface area contributed by atoms with Crippen LogP contribution in [0.4, 0.5) is 0 Å². The summed E-state index contributed by atoms with van der Waals surface area (Å²) in [5.74, 6) is 0.337. The van der Waals surface area contributed by atoms with Crippen LogP contribution in [0.25, 0.3) is 0 Å². The van der Waals surface area contributed by atoms with Crippen LogP contribution >= 0.6 is 11.9 Å². The third-order valence-corrected chi connectivity index (χ3v) is 3.72.